The topological polar surface area (TPSA) is 0 Å². The van der Waals surface area contributed by atoms with Gasteiger partial charge in [0.05, 0.1) is 0 Å². The molecule has 0 saturated heterocycles. The quantitative estimate of drug-likeness (QED) is 0.509. The molecule has 2 aromatic carbocycles. The van der Waals surface area contributed by atoms with Crippen LogP contribution in [0.4, 0.5) is 0 Å². The maximum atomic E-state index is 2.38. The van der Waals surface area contributed by atoms with Crippen LogP contribution < -0.4 is 10.6 Å². The highest BCUT2D eigenvalue weighted by atomic mass is 31.1. The SMILES string of the molecule is c1cc(-c2ccc(PC3CCCCC3)cc2)ccc1PC1CCCCC1. The lowest BCUT2D eigenvalue weighted by Gasteiger charge is -2.22. The predicted molar refractivity (Wildman–Crippen MR) is 122 cm³/mol. The molecule has 0 N–H and O–H groups in total. The summed E-state index contributed by atoms with van der Waals surface area (Å²) in [6.07, 6.45) is 14.5. The Labute approximate surface area is 163 Å². The maximum Gasteiger partial charge on any atom is -0.0184 e. The molecule has 2 saturated carbocycles. The van der Waals surface area contributed by atoms with Crippen LogP contribution in [0.5, 0.6) is 0 Å². The van der Waals surface area contributed by atoms with Crippen molar-refractivity contribution in [3.8, 4) is 11.1 Å². The molecule has 2 atom stereocenters. The Kier molecular flexibility index (Phi) is 6.80. The molecule has 0 aromatic heterocycles. The highest BCUT2D eigenvalue weighted by molar-refractivity contribution is 7.48. The van der Waals surface area contributed by atoms with E-state index in [-0.39, 0.29) is 0 Å². The van der Waals surface area contributed by atoms with Crippen LogP contribution in [-0.2, 0) is 0 Å². The molecule has 0 amide bonds. The molecular weight excluding hydrogens is 350 g/mol. The third-order valence-corrected chi connectivity index (χ3v) is 9.36. The van der Waals surface area contributed by atoms with Crippen LogP contribution >= 0.6 is 17.2 Å². The van der Waals surface area contributed by atoms with Gasteiger partial charge < -0.3 is 0 Å². The molecule has 138 valence electrons. The minimum absolute atomic E-state index is 0.953. The fourth-order valence-electron chi connectivity index (χ4n) is 4.48. The summed E-state index contributed by atoms with van der Waals surface area (Å²) in [5.74, 6) is 0. The number of hydrogen-bond donors (Lipinski definition) is 0. The second-order valence-corrected chi connectivity index (χ2v) is 11.5. The lowest BCUT2D eigenvalue weighted by atomic mass is 10.0. The molecule has 0 bridgehead atoms. The van der Waals surface area contributed by atoms with Crippen LogP contribution in [0.1, 0.15) is 64.2 Å². The van der Waals surface area contributed by atoms with Crippen molar-refractivity contribution >= 4 is 27.8 Å². The van der Waals surface area contributed by atoms with Crippen molar-refractivity contribution in [1.29, 1.82) is 0 Å². The van der Waals surface area contributed by atoms with E-state index in [4.69, 9.17) is 0 Å². The average Bonchev–Trinajstić information content (AvgIpc) is 2.71. The Morgan fingerprint density at radius 1 is 0.462 bits per heavy atom. The monoisotopic (exact) mass is 382 g/mol. The normalized spacial score (nSPS) is 20.5. The summed E-state index contributed by atoms with van der Waals surface area (Å²) in [4.78, 5) is 0. The highest BCUT2D eigenvalue weighted by Crippen LogP contribution is 2.34. The van der Waals surface area contributed by atoms with Gasteiger partial charge in [-0.1, -0.05) is 104 Å². The lowest BCUT2D eigenvalue weighted by Crippen LogP contribution is -2.11. The van der Waals surface area contributed by atoms with Gasteiger partial charge in [-0.2, -0.15) is 0 Å². The molecule has 26 heavy (non-hydrogen) atoms. The first-order valence-electron chi connectivity index (χ1n) is 10.6. The number of hydrogen-bond acceptors (Lipinski definition) is 0. The van der Waals surface area contributed by atoms with Gasteiger partial charge >= 0.3 is 0 Å². The van der Waals surface area contributed by atoms with E-state index in [9.17, 15) is 0 Å². The average molecular weight is 382 g/mol. The van der Waals surface area contributed by atoms with Crippen LogP contribution in [0.3, 0.4) is 0 Å². The summed E-state index contributed by atoms with van der Waals surface area (Å²) in [5, 5.41) is 3.10. The van der Waals surface area contributed by atoms with Gasteiger partial charge in [0.25, 0.3) is 0 Å². The van der Waals surface area contributed by atoms with Gasteiger partial charge in [0.1, 0.15) is 0 Å². The van der Waals surface area contributed by atoms with Crippen molar-refractivity contribution in [2.75, 3.05) is 0 Å². The van der Waals surface area contributed by atoms with E-state index in [1.807, 2.05) is 0 Å². The molecule has 0 aliphatic heterocycles. The smallest absolute Gasteiger partial charge is 0.0184 e. The third-order valence-electron chi connectivity index (χ3n) is 6.06. The standard InChI is InChI=1S/C24H32P2/c1-3-7-21(8-4-1)25-23-15-11-19(12-16-23)20-13-17-24(18-14-20)26-22-9-5-2-6-10-22/h11-18,21-22,25-26H,1-10H2. The molecule has 0 spiro atoms. The van der Waals surface area contributed by atoms with Crippen molar-refractivity contribution in [1.82, 2.24) is 0 Å². The van der Waals surface area contributed by atoms with Crippen LogP contribution in [0.2, 0.25) is 0 Å². The fraction of sp³-hybridized carbons (Fsp3) is 0.500. The van der Waals surface area contributed by atoms with E-state index in [0.717, 1.165) is 28.5 Å². The molecule has 2 heteroatoms. The van der Waals surface area contributed by atoms with Crippen LogP contribution in [0, 0.1) is 0 Å². The zero-order valence-electron chi connectivity index (χ0n) is 15.8. The molecule has 2 unspecified atom stereocenters. The first-order chi connectivity index (χ1) is 12.9. The minimum Gasteiger partial charge on any atom is -0.0872 e. The van der Waals surface area contributed by atoms with Gasteiger partial charge in [-0.15, -0.1) is 0 Å². The Balaban J connectivity index is 1.35. The van der Waals surface area contributed by atoms with E-state index in [1.165, 1.54) is 75.3 Å². The number of benzene rings is 2. The molecule has 2 aromatic rings. The molecule has 0 radical (unpaired) electrons. The van der Waals surface area contributed by atoms with Gasteiger partial charge in [-0.25, -0.2) is 0 Å². The summed E-state index contributed by atoms with van der Waals surface area (Å²) in [6, 6.07) is 18.8. The van der Waals surface area contributed by atoms with Crippen LogP contribution in [0.25, 0.3) is 11.1 Å². The maximum absolute atomic E-state index is 2.38. The summed E-state index contributed by atoms with van der Waals surface area (Å²) in [5.41, 5.74) is 4.65. The molecule has 0 heterocycles. The summed E-state index contributed by atoms with van der Waals surface area (Å²) in [6.45, 7) is 0. The van der Waals surface area contributed by atoms with Gasteiger partial charge in [0, 0.05) is 0 Å². The summed E-state index contributed by atoms with van der Waals surface area (Å²) in [7, 11) is 2.02. The predicted octanol–water partition coefficient (Wildman–Crippen LogP) is 6.63. The minimum atomic E-state index is 0.953. The molecule has 2 aliphatic rings. The molecular formula is C24H32P2. The van der Waals surface area contributed by atoms with Crippen molar-refractivity contribution in [2.45, 2.75) is 75.5 Å². The molecule has 2 aliphatic carbocycles. The molecule has 2 fully saturated rings. The largest absolute Gasteiger partial charge is 0.0872 e. The van der Waals surface area contributed by atoms with Gasteiger partial charge in [-0.05, 0) is 58.7 Å². The molecule has 4 rings (SSSR count). The second kappa shape index (κ2) is 9.48. The zero-order valence-corrected chi connectivity index (χ0v) is 17.8. The van der Waals surface area contributed by atoms with Crippen LogP contribution in [0.15, 0.2) is 48.5 Å². The summed E-state index contributed by atoms with van der Waals surface area (Å²) >= 11 is 0. The third kappa shape index (κ3) is 5.18. The first kappa shape index (κ1) is 18.7. The van der Waals surface area contributed by atoms with Crippen LogP contribution in [-0.4, -0.2) is 11.3 Å². The van der Waals surface area contributed by atoms with Crippen molar-refractivity contribution < 1.29 is 0 Å². The van der Waals surface area contributed by atoms with Gasteiger partial charge in [0.2, 0.25) is 0 Å². The van der Waals surface area contributed by atoms with E-state index in [2.05, 4.69) is 48.5 Å². The van der Waals surface area contributed by atoms with Gasteiger partial charge in [-0.3, -0.25) is 0 Å². The summed E-state index contributed by atoms with van der Waals surface area (Å²) < 4.78 is 0. The number of rotatable bonds is 5. The van der Waals surface area contributed by atoms with E-state index in [1.54, 1.807) is 10.6 Å². The van der Waals surface area contributed by atoms with Gasteiger partial charge in [0.15, 0.2) is 0 Å². The van der Waals surface area contributed by atoms with Crippen molar-refractivity contribution in [3.63, 3.8) is 0 Å². The van der Waals surface area contributed by atoms with Crippen molar-refractivity contribution in [2.24, 2.45) is 0 Å². The Morgan fingerprint density at radius 3 is 1.15 bits per heavy atom. The second-order valence-electron chi connectivity index (χ2n) is 8.11. The first-order valence-corrected chi connectivity index (χ1v) is 12.8. The van der Waals surface area contributed by atoms with E-state index < -0.39 is 0 Å². The molecule has 0 nitrogen and oxygen atoms in total. The fourth-order valence-corrected chi connectivity index (χ4v) is 7.54. The van der Waals surface area contributed by atoms with Crippen molar-refractivity contribution in [3.05, 3.63) is 48.5 Å². The van der Waals surface area contributed by atoms with E-state index in [0.29, 0.717) is 0 Å². The Bertz CT molecular complexity index is 601. The Morgan fingerprint density at radius 2 is 0.808 bits per heavy atom. The lowest BCUT2D eigenvalue weighted by molar-refractivity contribution is 0.514. The zero-order chi connectivity index (χ0) is 17.6. The Hall–Kier alpha value is -0.700. The highest BCUT2D eigenvalue weighted by Gasteiger charge is 2.15. The van der Waals surface area contributed by atoms with E-state index >= 15 is 0 Å².